The number of nitrogens with zero attached hydrogens (tertiary/aromatic N) is 4. The summed E-state index contributed by atoms with van der Waals surface area (Å²) >= 11 is 0. The number of fused-ring (bicyclic) bond motifs is 2. The summed E-state index contributed by atoms with van der Waals surface area (Å²) in [7, 11) is 6.83. The molecule has 216 valence electrons. The number of likely N-dealkylation sites (N-methyl/N-ethyl adjacent to an activating group) is 1. The van der Waals surface area contributed by atoms with E-state index in [1.807, 2.05) is 36.4 Å². The third kappa shape index (κ3) is 7.64. The molecule has 1 aliphatic heterocycles. The molecule has 4 rings (SSSR count). The normalized spacial score (nSPS) is 15.9. The average Bonchev–Trinajstić information content (AvgIpc) is 3.35. The van der Waals surface area contributed by atoms with E-state index in [2.05, 4.69) is 36.7 Å². The number of hydrogen-bond acceptors (Lipinski definition) is 6. The van der Waals surface area contributed by atoms with Gasteiger partial charge in [-0.1, -0.05) is 12.1 Å². The Balaban J connectivity index is 1.33. The third-order valence-electron chi connectivity index (χ3n) is 6.64. The summed E-state index contributed by atoms with van der Waals surface area (Å²) < 4.78 is 21.2. The van der Waals surface area contributed by atoms with E-state index < -0.39 is 15.6 Å². The van der Waals surface area contributed by atoms with Crippen LogP contribution < -0.4 is 4.74 Å². The second-order valence-electron chi connectivity index (χ2n) is 11.1. The Hall–Kier alpha value is -1.98. The Kier molecular flexibility index (Phi) is 9.99. The number of amides is 2. The smallest absolute Gasteiger partial charge is 0.261 e. The molecule has 9 nitrogen and oxygen atoms in total. The molecular weight excluding hydrogens is 565 g/mol. The van der Waals surface area contributed by atoms with Crippen LogP contribution in [0.3, 0.4) is 0 Å². The van der Waals surface area contributed by atoms with Crippen molar-refractivity contribution < 1.29 is 27.6 Å². The second kappa shape index (κ2) is 12.9. The maximum atomic E-state index is 12.9. The van der Waals surface area contributed by atoms with Crippen LogP contribution in [0.4, 0.5) is 0 Å². The maximum absolute atomic E-state index is 12.9. The molecule has 1 aliphatic rings. The van der Waals surface area contributed by atoms with Crippen molar-refractivity contribution in [1.29, 1.82) is 0 Å². The molecule has 2 amide bonds. The van der Waals surface area contributed by atoms with Gasteiger partial charge in [-0.2, -0.15) is 4.31 Å². The molecule has 3 aromatic rings. The standard InChI is InChI=1S/C28H41N4O5P3/c1-7-30-25-19-21(35-16-10-18-40(6,38)37-39(5)36-17-15-32(2,3)4)13-14-24(25)29-26(30)20-31-27(33)22-11-8-9-12-23(22)28(31)34/h8-9,11-14,19H,7,10,15-18,20,38H2,1-6H3/q+2. The van der Waals surface area contributed by atoms with Gasteiger partial charge in [0.15, 0.2) is 7.18 Å². The Morgan fingerprint density at radius 3 is 2.35 bits per heavy atom. The average molecular weight is 607 g/mol. The van der Waals surface area contributed by atoms with E-state index in [9.17, 15) is 9.59 Å². The number of rotatable bonds is 14. The first kappa shape index (κ1) is 31.0. The van der Waals surface area contributed by atoms with Gasteiger partial charge in [0.25, 0.3) is 11.8 Å². The van der Waals surface area contributed by atoms with E-state index in [4.69, 9.17) is 18.6 Å². The molecule has 0 saturated carbocycles. The predicted octanol–water partition coefficient (Wildman–Crippen LogP) is 5.65. The number of quaternary nitrogens is 1. The molecule has 0 fully saturated rings. The SMILES string of the molecule is CCn1c(CN2C(=O)c3ccccc3C2=O)nc2ccc(OCCC[P+](C)(P)OP(C)OCC[N+](C)(C)C)cc21. The van der Waals surface area contributed by atoms with Crippen LogP contribution in [0.15, 0.2) is 42.5 Å². The molecule has 0 spiro atoms. The Morgan fingerprint density at radius 1 is 1.05 bits per heavy atom. The number of ether oxygens (including phenoxy) is 1. The Labute approximate surface area is 241 Å². The van der Waals surface area contributed by atoms with Gasteiger partial charge >= 0.3 is 0 Å². The lowest BCUT2D eigenvalue weighted by Crippen LogP contribution is -2.37. The molecule has 1 aromatic heterocycles. The van der Waals surface area contributed by atoms with Crippen molar-refractivity contribution >= 4 is 47.3 Å². The molecule has 12 heteroatoms. The fourth-order valence-corrected chi connectivity index (χ4v) is 10.0. The lowest BCUT2D eigenvalue weighted by Gasteiger charge is -2.25. The molecule has 3 atom stereocenters. The Morgan fingerprint density at radius 2 is 1.73 bits per heavy atom. The number of hydrogen-bond donors (Lipinski definition) is 0. The van der Waals surface area contributed by atoms with Crippen molar-refractivity contribution in [1.82, 2.24) is 14.5 Å². The van der Waals surface area contributed by atoms with Crippen LogP contribution in [0.1, 0.15) is 39.9 Å². The Bertz CT molecular complexity index is 1340. The number of benzene rings is 2. The number of aromatic nitrogens is 2. The van der Waals surface area contributed by atoms with Crippen molar-refractivity contribution in [2.75, 3.05) is 60.4 Å². The van der Waals surface area contributed by atoms with Gasteiger partial charge in [0.1, 0.15) is 24.7 Å². The van der Waals surface area contributed by atoms with Gasteiger partial charge in [-0.25, -0.2) is 4.98 Å². The summed E-state index contributed by atoms with van der Waals surface area (Å²) in [6.45, 7) is 9.21. The van der Waals surface area contributed by atoms with Crippen LogP contribution in [-0.4, -0.2) is 91.1 Å². The second-order valence-corrected chi connectivity index (χ2v) is 19.0. The third-order valence-corrected chi connectivity index (χ3v) is 12.4. The molecule has 0 saturated heterocycles. The fourth-order valence-electron chi connectivity index (χ4n) is 4.58. The number of imidazole rings is 1. The summed E-state index contributed by atoms with van der Waals surface area (Å²) in [5.74, 6) is 0.877. The lowest BCUT2D eigenvalue weighted by molar-refractivity contribution is -0.870. The van der Waals surface area contributed by atoms with Crippen LogP contribution in [0.25, 0.3) is 11.0 Å². The van der Waals surface area contributed by atoms with E-state index in [-0.39, 0.29) is 18.4 Å². The van der Waals surface area contributed by atoms with E-state index in [1.165, 1.54) is 4.90 Å². The number of imide groups is 1. The van der Waals surface area contributed by atoms with Gasteiger partial charge in [-0.05, 0) is 31.2 Å². The zero-order valence-corrected chi connectivity index (χ0v) is 27.2. The van der Waals surface area contributed by atoms with Crippen LogP contribution in [-0.2, 0) is 21.9 Å². The number of carbonyl (C=O) groups is 2. The highest BCUT2D eigenvalue weighted by Crippen LogP contribution is 2.71. The van der Waals surface area contributed by atoms with Crippen molar-refractivity contribution in [2.45, 2.75) is 26.4 Å². The van der Waals surface area contributed by atoms with Gasteiger partial charge in [0.2, 0.25) is 8.38 Å². The van der Waals surface area contributed by atoms with Crippen molar-refractivity contribution in [3.8, 4) is 5.75 Å². The minimum atomic E-state index is -1.63. The molecule has 3 unspecified atom stereocenters. The molecule has 2 heterocycles. The highest BCUT2D eigenvalue weighted by atomic mass is 32.1. The minimum Gasteiger partial charge on any atom is -0.493 e. The molecule has 40 heavy (non-hydrogen) atoms. The number of aryl methyl sites for hydroxylation is 1. The lowest BCUT2D eigenvalue weighted by atomic mass is 10.1. The number of carbonyl (C=O) groups excluding carboxylic acids is 2. The monoisotopic (exact) mass is 606 g/mol. The van der Waals surface area contributed by atoms with Gasteiger partial charge in [0.05, 0.1) is 78.2 Å². The van der Waals surface area contributed by atoms with Crippen molar-refractivity contribution in [3.63, 3.8) is 0 Å². The maximum Gasteiger partial charge on any atom is 0.261 e. The zero-order chi connectivity index (χ0) is 29.1. The summed E-state index contributed by atoms with van der Waals surface area (Å²) in [5.41, 5.74) is 2.61. The summed E-state index contributed by atoms with van der Waals surface area (Å²) in [5, 5.41) is 0. The van der Waals surface area contributed by atoms with Gasteiger partial charge in [0, 0.05) is 25.7 Å². The van der Waals surface area contributed by atoms with Crippen LogP contribution in [0.2, 0.25) is 0 Å². The molecule has 0 aliphatic carbocycles. The van der Waals surface area contributed by atoms with Gasteiger partial charge in [-0.15, -0.1) is 0 Å². The topological polar surface area (TPSA) is 82.9 Å². The molecule has 0 bridgehead atoms. The molecule has 0 N–H and O–H groups in total. The largest absolute Gasteiger partial charge is 0.493 e. The van der Waals surface area contributed by atoms with Crippen molar-refractivity contribution in [2.24, 2.45) is 0 Å². The fraction of sp³-hybridized carbons (Fsp3) is 0.464. The zero-order valence-electron chi connectivity index (χ0n) is 24.3. The van der Waals surface area contributed by atoms with Crippen LogP contribution >= 0.6 is 24.5 Å². The first-order valence-corrected chi connectivity index (χ1v) is 19.0. The predicted molar refractivity (Wildman–Crippen MR) is 166 cm³/mol. The van der Waals surface area contributed by atoms with E-state index in [0.29, 0.717) is 36.7 Å². The summed E-state index contributed by atoms with van der Waals surface area (Å²) in [6.07, 6.45) is 1.79. The summed E-state index contributed by atoms with van der Waals surface area (Å²) in [6, 6.07) is 12.8. The first-order chi connectivity index (χ1) is 18.9. The van der Waals surface area contributed by atoms with E-state index in [0.717, 1.165) is 40.4 Å². The van der Waals surface area contributed by atoms with E-state index in [1.54, 1.807) is 24.3 Å². The minimum absolute atomic E-state index is 0.126. The van der Waals surface area contributed by atoms with Crippen LogP contribution in [0, 0.1) is 0 Å². The highest BCUT2D eigenvalue weighted by molar-refractivity contribution is 8.22. The molecule has 0 radical (unpaired) electrons. The molecular formula is C28H41N4O5P3+2. The van der Waals surface area contributed by atoms with Crippen LogP contribution in [0.5, 0.6) is 5.75 Å². The van der Waals surface area contributed by atoms with Gasteiger partial charge < -0.3 is 18.3 Å². The van der Waals surface area contributed by atoms with Crippen molar-refractivity contribution in [3.05, 3.63) is 59.4 Å². The highest BCUT2D eigenvalue weighted by Gasteiger charge is 2.36. The summed E-state index contributed by atoms with van der Waals surface area (Å²) in [4.78, 5) is 31.8. The first-order valence-electron chi connectivity index (χ1n) is 13.5. The van der Waals surface area contributed by atoms with E-state index >= 15 is 0 Å². The molecule has 2 aromatic carbocycles. The quantitative estimate of drug-likeness (QED) is 0.102. The van der Waals surface area contributed by atoms with Gasteiger partial charge in [-0.3, -0.25) is 14.5 Å².